The molecule has 3 heteroatoms. The molecule has 0 amide bonds. The number of hydrogen-bond donors (Lipinski definition) is 0. The van der Waals surface area contributed by atoms with Crippen LogP contribution in [0.1, 0.15) is 61.8 Å². The second-order valence-electron chi connectivity index (χ2n) is 7.99. The van der Waals surface area contributed by atoms with Crippen LogP contribution < -0.4 is 9.47 Å². The predicted octanol–water partition coefficient (Wildman–Crippen LogP) is 9.15. The van der Waals surface area contributed by atoms with Gasteiger partial charge in [-0.25, -0.2) is 0 Å². The number of unbranched alkanes of at least 4 members (excludes halogenated alkanes) is 2. The molecule has 0 aliphatic rings. The van der Waals surface area contributed by atoms with E-state index in [1.807, 2.05) is 24.3 Å². The Bertz CT molecular complexity index is 1030. The number of hydrogen-bond acceptors (Lipinski definition) is 2. The Morgan fingerprint density at radius 2 is 1.06 bits per heavy atom. The van der Waals surface area contributed by atoms with E-state index < -0.39 is 0 Å². The van der Waals surface area contributed by atoms with Gasteiger partial charge < -0.3 is 9.47 Å². The van der Waals surface area contributed by atoms with E-state index in [-0.39, 0.29) is 0 Å². The third-order valence-electron chi connectivity index (χ3n) is 5.24. The number of benzene rings is 3. The topological polar surface area (TPSA) is 18.5 Å². The van der Waals surface area contributed by atoms with E-state index in [9.17, 15) is 0 Å². The van der Waals surface area contributed by atoms with Crippen LogP contribution in [0.25, 0.3) is 24.3 Å². The zero-order valence-electron chi connectivity index (χ0n) is 19.6. The molecular weight excluding hydrogens is 472 g/mol. The lowest BCUT2D eigenvalue weighted by Gasteiger charge is -2.05. The summed E-state index contributed by atoms with van der Waals surface area (Å²) in [6, 6.07) is 22.9. The maximum atomic E-state index is 5.73. The van der Waals surface area contributed by atoms with Crippen molar-refractivity contribution in [2.75, 3.05) is 13.2 Å². The summed E-state index contributed by atoms with van der Waals surface area (Å²) in [5, 5.41) is 0. The highest BCUT2D eigenvalue weighted by Gasteiger charge is 1.99. The normalized spacial score (nSPS) is 11.4. The Labute approximate surface area is 207 Å². The fourth-order valence-electron chi connectivity index (χ4n) is 3.18. The van der Waals surface area contributed by atoms with Gasteiger partial charge in [-0.05, 0) is 65.4 Å². The molecule has 0 atom stereocenters. The maximum Gasteiger partial charge on any atom is 0.119 e. The van der Waals surface area contributed by atoms with Crippen LogP contribution in [0.5, 0.6) is 11.5 Å². The van der Waals surface area contributed by atoms with Gasteiger partial charge in [0.1, 0.15) is 11.5 Å². The largest absolute Gasteiger partial charge is 0.494 e. The van der Waals surface area contributed by atoms with Gasteiger partial charge in [0.2, 0.25) is 0 Å². The fourth-order valence-corrected chi connectivity index (χ4v) is 3.71. The van der Waals surface area contributed by atoms with E-state index in [0.29, 0.717) is 0 Å². The summed E-state index contributed by atoms with van der Waals surface area (Å²) in [5.74, 6) is 1.86. The van der Waals surface area contributed by atoms with Crippen molar-refractivity contribution in [1.29, 1.82) is 0 Å². The van der Waals surface area contributed by atoms with Crippen molar-refractivity contribution in [3.63, 3.8) is 0 Å². The minimum absolute atomic E-state index is 0.776. The van der Waals surface area contributed by atoms with Gasteiger partial charge in [-0.3, -0.25) is 0 Å². The van der Waals surface area contributed by atoms with Crippen LogP contribution in [-0.2, 0) is 0 Å². The second-order valence-corrected chi connectivity index (χ2v) is 8.84. The van der Waals surface area contributed by atoms with Crippen molar-refractivity contribution >= 4 is 40.2 Å². The average Bonchev–Trinajstić information content (AvgIpc) is 2.84. The molecule has 0 bridgehead atoms. The van der Waals surface area contributed by atoms with E-state index in [4.69, 9.17) is 9.47 Å². The molecule has 0 N–H and O–H groups in total. The zero-order chi connectivity index (χ0) is 23.3. The van der Waals surface area contributed by atoms with Gasteiger partial charge in [0.05, 0.1) is 13.2 Å². The standard InChI is InChI=1S/C30H33BrO2/c1-3-5-21-32-28-17-11-24(12-18-28)7-8-26-10-16-27(30(31)23-26)15-9-25-13-19-29(20-14-25)33-22-6-4-2/h7-20,23H,3-6,21-22H2,1-2H3. The van der Waals surface area contributed by atoms with Crippen LogP contribution in [0.3, 0.4) is 0 Å². The van der Waals surface area contributed by atoms with Crippen LogP contribution in [-0.4, -0.2) is 13.2 Å². The molecule has 0 spiro atoms. The minimum Gasteiger partial charge on any atom is -0.494 e. The summed E-state index contributed by atoms with van der Waals surface area (Å²) >= 11 is 3.71. The van der Waals surface area contributed by atoms with E-state index in [0.717, 1.165) is 77.1 Å². The van der Waals surface area contributed by atoms with Crippen molar-refractivity contribution in [2.45, 2.75) is 39.5 Å². The Morgan fingerprint density at radius 3 is 1.55 bits per heavy atom. The van der Waals surface area contributed by atoms with Crippen molar-refractivity contribution in [2.24, 2.45) is 0 Å². The first-order valence-electron chi connectivity index (χ1n) is 11.8. The first-order chi connectivity index (χ1) is 16.2. The SMILES string of the molecule is CCCCOc1ccc(C=Cc2ccc(C=Cc3ccc(OCCCC)cc3)c(Br)c2)cc1. The summed E-state index contributed by atoms with van der Waals surface area (Å²) in [7, 11) is 0. The highest BCUT2D eigenvalue weighted by atomic mass is 79.9. The molecule has 0 radical (unpaired) electrons. The Morgan fingerprint density at radius 1 is 0.606 bits per heavy atom. The average molecular weight is 505 g/mol. The first-order valence-corrected chi connectivity index (χ1v) is 12.6. The molecule has 0 fully saturated rings. The highest BCUT2D eigenvalue weighted by Crippen LogP contribution is 2.23. The summed E-state index contributed by atoms with van der Waals surface area (Å²) in [4.78, 5) is 0. The lowest BCUT2D eigenvalue weighted by molar-refractivity contribution is 0.309. The smallest absolute Gasteiger partial charge is 0.119 e. The zero-order valence-corrected chi connectivity index (χ0v) is 21.2. The van der Waals surface area contributed by atoms with Crippen LogP contribution in [0.2, 0.25) is 0 Å². The van der Waals surface area contributed by atoms with E-state index >= 15 is 0 Å². The van der Waals surface area contributed by atoms with Crippen LogP contribution in [0.15, 0.2) is 71.2 Å². The molecule has 0 aliphatic heterocycles. The molecule has 0 heterocycles. The van der Waals surface area contributed by atoms with Gasteiger partial charge in [0.25, 0.3) is 0 Å². The molecule has 3 rings (SSSR count). The molecule has 0 aromatic heterocycles. The molecular formula is C30H33BrO2. The molecule has 0 unspecified atom stereocenters. The predicted molar refractivity (Wildman–Crippen MR) is 146 cm³/mol. The first kappa shape index (κ1) is 24.9. The van der Waals surface area contributed by atoms with Crippen LogP contribution >= 0.6 is 15.9 Å². The van der Waals surface area contributed by atoms with Gasteiger partial charge >= 0.3 is 0 Å². The van der Waals surface area contributed by atoms with Crippen molar-refractivity contribution in [3.8, 4) is 11.5 Å². The monoisotopic (exact) mass is 504 g/mol. The molecule has 33 heavy (non-hydrogen) atoms. The molecule has 172 valence electrons. The summed E-state index contributed by atoms with van der Waals surface area (Å²) in [5.41, 5.74) is 4.59. The van der Waals surface area contributed by atoms with E-state index in [2.05, 4.69) is 96.5 Å². The van der Waals surface area contributed by atoms with Crippen molar-refractivity contribution in [3.05, 3.63) is 93.5 Å². The molecule has 2 nitrogen and oxygen atoms in total. The molecule has 0 saturated heterocycles. The van der Waals surface area contributed by atoms with Gasteiger partial charge in [-0.1, -0.05) is 103 Å². The van der Waals surface area contributed by atoms with E-state index in [1.165, 1.54) is 0 Å². The van der Waals surface area contributed by atoms with Crippen LogP contribution in [0.4, 0.5) is 0 Å². The quantitative estimate of drug-likeness (QED) is 0.180. The Hall–Kier alpha value is -2.78. The third kappa shape index (κ3) is 8.58. The minimum atomic E-state index is 0.776. The number of rotatable bonds is 12. The summed E-state index contributed by atoms with van der Waals surface area (Å²) in [6.45, 7) is 5.89. The maximum absolute atomic E-state index is 5.73. The fraction of sp³-hybridized carbons (Fsp3) is 0.267. The van der Waals surface area contributed by atoms with Crippen molar-refractivity contribution in [1.82, 2.24) is 0 Å². The summed E-state index contributed by atoms with van der Waals surface area (Å²) in [6.07, 6.45) is 13.0. The van der Waals surface area contributed by atoms with Crippen molar-refractivity contribution < 1.29 is 9.47 Å². The highest BCUT2D eigenvalue weighted by molar-refractivity contribution is 9.10. The van der Waals surface area contributed by atoms with Gasteiger partial charge in [0, 0.05) is 4.47 Å². The van der Waals surface area contributed by atoms with Gasteiger partial charge in [0.15, 0.2) is 0 Å². The molecule has 3 aromatic rings. The van der Waals surface area contributed by atoms with E-state index in [1.54, 1.807) is 0 Å². The molecule has 3 aromatic carbocycles. The Balaban J connectivity index is 1.57. The third-order valence-corrected chi connectivity index (χ3v) is 5.93. The number of ether oxygens (including phenoxy) is 2. The Kier molecular flexibility index (Phi) is 10.3. The number of halogens is 1. The van der Waals surface area contributed by atoms with Gasteiger partial charge in [-0.15, -0.1) is 0 Å². The summed E-state index contributed by atoms with van der Waals surface area (Å²) < 4.78 is 12.5. The van der Waals surface area contributed by atoms with Gasteiger partial charge in [-0.2, -0.15) is 0 Å². The van der Waals surface area contributed by atoms with Crippen LogP contribution in [0, 0.1) is 0 Å². The second kappa shape index (κ2) is 13.7. The molecule has 0 saturated carbocycles. The molecule has 0 aliphatic carbocycles. The lowest BCUT2D eigenvalue weighted by atomic mass is 10.1. The lowest BCUT2D eigenvalue weighted by Crippen LogP contribution is -1.95.